The summed E-state index contributed by atoms with van der Waals surface area (Å²) in [5.74, 6) is 0. The number of amides is 2. The third kappa shape index (κ3) is 4.76. The van der Waals surface area contributed by atoms with Gasteiger partial charge in [0.2, 0.25) is 0 Å². The van der Waals surface area contributed by atoms with Gasteiger partial charge in [0.25, 0.3) is 0 Å². The number of carbonyl (C=O) groups is 1. The topological polar surface area (TPSA) is 61.4 Å². The number of rotatable bonds is 5. The predicted octanol–water partition coefficient (Wildman–Crippen LogP) is 2.46. The second-order valence-corrected chi connectivity index (χ2v) is 6.32. The van der Waals surface area contributed by atoms with Crippen LogP contribution >= 0.6 is 0 Å². The van der Waals surface area contributed by atoms with Crippen molar-refractivity contribution in [1.82, 2.24) is 25.1 Å². The summed E-state index contributed by atoms with van der Waals surface area (Å²) in [5, 5.41) is 3.15. The summed E-state index contributed by atoms with van der Waals surface area (Å²) in [5.41, 5.74) is 2.31. The zero-order valence-electron chi connectivity index (χ0n) is 14.6. The predicted molar refractivity (Wildman–Crippen MR) is 96.9 cm³/mol. The second kappa shape index (κ2) is 8.58. The van der Waals surface area contributed by atoms with E-state index >= 15 is 0 Å². The highest BCUT2D eigenvalue weighted by molar-refractivity contribution is 5.74. The molecule has 2 amide bonds. The van der Waals surface area contributed by atoms with Gasteiger partial charge in [-0.1, -0.05) is 13.0 Å². The molecule has 2 aromatic heterocycles. The summed E-state index contributed by atoms with van der Waals surface area (Å²) in [6, 6.07) is 8.02. The molecule has 25 heavy (non-hydrogen) atoms. The van der Waals surface area contributed by atoms with Crippen molar-refractivity contribution in [3.05, 3.63) is 60.2 Å². The molecule has 0 bridgehead atoms. The number of urea groups is 1. The Kier molecular flexibility index (Phi) is 5.95. The van der Waals surface area contributed by atoms with E-state index in [0.29, 0.717) is 0 Å². The molecule has 1 aliphatic rings. The minimum absolute atomic E-state index is 0.0182. The van der Waals surface area contributed by atoms with Crippen molar-refractivity contribution >= 4 is 6.03 Å². The van der Waals surface area contributed by atoms with Gasteiger partial charge in [-0.15, -0.1) is 0 Å². The molecule has 1 fully saturated rings. The van der Waals surface area contributed by atoms with Gasteiger partial charge in [-0.05, 0) is 35.7 Å². The van der Waals surface area contributed by atoms with Crippen molar-refractivity contribution in [3.8, 4) is 0 Å². The van der Waals surface area contributed by atoms with Crippen LogP contribution in [0.15, 0.2) is 49.1 Å². The average molecular weight is 339 g/mol. The third-order valence-electron chi connectivity index (χ3n) is 4.60. The van der Waals surface area contributed by atoms with Crippen molar-refractivity contribution < 1.29 is 4.79 Å². The van der Waals surface area contributed by atoms with Crippen LogP contribution < -0.4 is 5.32 Å². The molecule has 1 saturated heterocycles. The number of aromatic nitrogens is 2. The number of hydrogen-bond acceptors (Lipinski definition) is 4. The summed E-state index contributed by atoms with van der Waals surface area (Å²) >= 11 is 0. The lowest BCUT2D eigenvalue weighted by Gasteiger charge is -2.35. The Balaban J connectivity index is 1.49. The SMILES string of the molecule is CC[C@H](NC(=O)N1CCN(Cc2cccnc2)CC1)c1ccncc1. The van der Waals surface area contributed by atoms with Crippen molar-refractivity contribution in [1.29, 1.82) is 0 Å². The van der Waals surface area contributed by atoms with E-state index in [1.54, 1.807) is 18.6 Å². The molecule has 0 unspecified atom stereocenters. The molecule has 2 aromatic rings. The molecule has 3 heterocycles. The molecule has 6 heteroatoms. The summed E-state index contributed by atoms with van der Waals surface area (Å²) in [6.07, 6.45) is 8.08. The van der Waals surface area contributed by atoms with Gasteiger partial charge in [0.15, 0.2) is 0 Å². The van der Waals surface area contributed by atoms with E-state index in [4.69, 9.17) is 0 Å². The fourth-order valence-electron chi connectivity index (χ4n) is 3.12. The molecule has 0 saturated carbocycles. The van der Waals surface area contributed by atoms with E-state index < -0.39 is 0 Å². The van der Waals surface area contributed by atoms with Crippen LogP contribution in [0.1, 0.15) is 30.5 Å². The van der Waals surface area contributed by atoms with Gasteiger partial charge in [-0.2, -0.15) is 0 Å². The first-order chi connectivity index (χ1) is 12.3. The highest BCUT2D eigenvalue weighted by Gasteiger charge is 2.23. The first-order valence-corrected chi connectivity index (χ1v) is 8.83. The Morgan fingerprint density at radius 3 is 2.52 bits per heavy atom. The standard InChI is InChI=1S/C19H25N5O/c1-2-18(17-5-8-20-9-6-17)22-19(25)24-12-10-23(11-13-24)15-16-4-3-7-21-14-16/h3-9,14,18H,2,10-13,15H2,1H3,(H,22,25)/t18-/m0/s1. The largest absolute Gasteiger partial charge is 0.331 e. The zero-order valence-corrected chi connectivity index (χ0v) is 14.6. The zero-order chi connectivity index (χ0) is 17.5. The normalized spacial score (nSPS) is 16.4. The molecule has 1 N–H and O–H groups in total. The first kappa shape index (κ1) is 17.4. The van der Waals surface area contributed by atoms with Crippen molar-refractivity contribution in [2.75, 3.05) is 26.2 Å². The fourth-order valence-corrected chi connectivity index (χ4v) is 3.12. The number of piperazine rings is 1. The molecule has 1 atom stereocenters. The first-order valence-electron chi connectivity index (χ1n) is 8.83. The van der Waals surface area contributed by atoms with E-state index in [2.05, 4.69) is 33.2 Å². The van der Waals surface area contributed by atoms with Gasteiger partial charge in [0, 0.05) is 57.5 Å². The van der Waals surface area contributed by atoms with Gasteiger partial charge >= 0.3 is 6.03 Å². The Hall–Kier alpha value is -2.47. The molecule has 0 aromatic carbocycles. The lowest BCUT2D eigenvalue weighted by atomic mass is 10.1. The van der Waals surface area contributed by atoms with Gasteiger partial charge < -0.3 is 10.2 Å². The van der Waals surface area contributed by atoms with Crippen molar-refractivity contribution in [2.24, 2.45) is 0 Å². The average Bonchev–Trinajstić information content (AvgIpc) is 2.68. The van der Waals surface area contributed by atoms with Crippen LogP contribution in [0.2, 0.25) is 0 Å². The number of pyridine rings is 2. The molecular formula is C19H25N5O. The minimum Gasteiger partial charge on any atom is -0.331 e. The Morgan fingerprint density at radius 2 is 1.88 bits per heavy atom. The lowest BCUT2D eigenvalue weighted by molar-refractivity contribution is 0.133. The van der Waals surface area contributed by atoms with E-state index in [1.165, 1.54) is 5.56 Å². The highest BCUT2D eigenvalue weighted by atomic mass is 16.2. The van der Waals surface area contributed by atoms with Crippen LogP contribution in [-0.4, -0.2) is 52.0 Å². The van der Waals surface area contributed by atoms with Crippen LogP contribution in [0.25, 0.3) is 0 Å². The molecular weight excluding hydrogens is 314 g/mol. The van der Waals surface area contributed by atoms with Crippen LogP contribution in [0.4, 0.5) is 4.79 Å². The minimum atomic E-state index is 0.0182. The van der Waals surface area contributed by atoms with Crippen LogP contribution in [0, 0.1) is 0 Å². The van der Waals surface area contributed by atoms with Crippen LogP contribution in [-0.2, 0) is 6.54 Å². The molecule has 0 spiro atoms. The Bertz CT molecular complexity index is 656. The molecule has 0 radical (unpaired) electrons. The number of carbonyl (C=O) groups excluding carboxylic acids is 1. The third-order valence-corrected chi connectivity index (χ3v) is 4.60. The molecule has 132 valence electrons. The molecule has 6 nitrogen and oxygen atoms in total. The van der Waals surface area contributed by atoms with Crippen molar-refractivity contribution in [3.63, 3.8) is 0 Å². The molecule has 0 aliphatic carbocycles. The lowest BCUT2D eigenvalue weighted by Crippen LogP contribution is -2.51. The van der Waals surface area contributed by atoms with Gasteiger partial charge in [-0.3, -0.25) is 14.9 Å². The van der Waals surface area contributed by atoms with Gasteiger partial charge in [0.05, 0.1) is 6.04 Å². The molecule has 1 aliphatic heterocycles. The van der Waals surface area contributed by atoms with E-state index in [0.717, 1.165) is 44.7 Å². The van der Waals surface area contributed by atoms with Gasteiger partial charge in [0.1, 0.15) is 0 Å². The van der Waals surface area contributed by atoms with Gasteiger partial charge in [-0.25, -0.2) is 4.79 Å². The Labute approximate surface area is 148 Å². The maximum Gasteiger partial charge on any atom is 0.317 e. The smallest absolute Gasteiger partial charge is 0.317 e. The van der Waals surface area contributed by atoms with E-state index in [-0.39, 0.29) is 12.1 Å². The van der Waals surface area contributed by atoms with Crippen LogP contribution in [0.5, 0.6) is 0 Å². The summed E-state index contributed by atoms with van der Waals surface area (Å²) in [6.45, 7) is 6.23. The van der Waals surface area contributed by atoms with Crippen LogP contribution in [0.3, 0.4) is 0 Å². The monoisotopic (exact) mass is 339 g/mol. The molecule has 3 rings (SSSR count). The second-order valence-electron chi connectivity index (χ2n) is 6.32. The Morgan fingerprint density at radius 1 is 1.12 bits per heavy atom. The number of hydrogen-bond donors (Lipinski definition) is 1. The summed E-state index contributed by atoms with van der Waals surface area (Å²) < 4.78 is 0. The quantitative estimate of drug-likeness (QED) is 0.909. The maximum absolute atomic E-state index is 12.6. The fraction of sp³-hybridized carbons (Fsp3) is 0.421. The van der Waals surface area contributed by atoms with E-state index in [9.17, 15) is 4.79 Å². The maximum atomic E-state index is 12.6. The van der Waals surface area contributed by atoms with E-state index in [1.807, 2.05) is 29.3 Å². The highest BCUT2D eigenvalue weighted by Crippen LogP contribution is 2.16. The van der Waals surface area contributed by atoms with Crippen molar-refractivity contribution in [2.45, 2.75) is 25.9 Å². The summed E-state index contributed by atoms with van der Waals surface area (Å²) in [7, 11) is 0. The summed E-state index contributed by atoms with van der Waals surface area (Å²) in [4.78, 5) is 25.0. The number of nitrogens with one attached hydrogen (secondary N) is 1. The number of nitrogens with zero attached hydrogens (tertiary/aromatic N) is 4.